The van der Waals surface area contributed by atoms with Crippen LogP contribution < -0.4 is 5.43 Å². The minimum atomic E-state index is -0.274. The van der Waals surface area contributed by atoms with E-state index in [4.69, 9.17) is 0 Å². The van der Waals surface area contributed by atoms with Crippen LogP contribution in [0.1, 0.15) is 80.0 Å². The van der Waals surface area contributed by atoms with Gasteiger partial charge in [0.2, 0.25) is 0 Å². The fourth-order valence-electron chi connectivity index (χ4n) is 3.94. The molecule has 0 aliphatic heterocycles. The number of carbonyl (C=O) groups excluding carboxylic acids is 1. The van der Waals surface area contributed by atoms with Crippen LogP contribution in [0.15, 0.2) is 53.6 Å². The first kappa shape index (κ1) is 24.3. The zero-order valence-electron chi connectivity index (χ0n) is 20.9. The van der Waals surface area contributed by atoms with Gasteiger partial charge in [-0.2, -0.15) is 5.10 Å². The SMILES string of the molecule is Cc1ccc(C)n1-c1ccc(C(=O)N/N=C\c2cc(C(C)(C)C)c(O)c(C(C)(C)C)c2)cc1. The first-order chi connectivity index (χ1) is 15.3. The van der Waals surface area contributed by atoms with E-state index >= 15 is 0 Å². The van der Waals surface area contributed by atoms with Crippen molar-refractivity contribution >= 4 is 12.1 Å². The molecule has 0 fully saturated rings. The number of phenolic OH excluding ortho intramolecular Hbond substituents is 1. The highest BCUT2D eigenvalue weighted by molar-refractivity contribution is 5.95. The molecule has 0 spiro atoms. The predicted molar refractivity (Wildman–Crippen MR) is 136 cm³/mol. The molecule has 33 heavy (non-hydrogen) atoms. The summed E-state index contributed by atoms with van der Waals surface area (Å²) >= 11 is 0. The number of nitrogens with zero attached hydrogens (tertiary/aromatic N) is 2. The van der Waals surface area contributed by atoms with E-state index in [1.54, 1.807) is 18.3 Å². The highest BCUT2D eigenvalue weighted by Crippen LogP contribution is 2.39. The normalized spacial score (nSPS) is 12.4. The van der Waals surface area contributed by atoms with Crippen molar-refractivity contribution in [2.45, 2.75) is 66.2 Å². The van der Waals surface area contributed by atoms with Gasteiger partial charge < -0.3 is 9.67 Å². The lowest BCUT2D eigenvalue weighted by Crippen LogP contribution is -2.19. The third-order valence-corrected chi connectivity index (χ3v) is 5.79. The molecule has 2 aromatic carbocycles. The number of benzene rings is 2. The number of hydrogen-bond acceptors (Lipinski definition) is 3. The molecule has 0 saturated carbocycles. The molecule has 2 N–H and O–H groups in total. The Bertz CT molecular complexity index is 1130. The Morgan fingerprint density at radius 3 is 1.82 bits per heavy atom. The molecule has 0 radical (unpaired) electrons. The lowest BCUT2D eigenvalue weighted by Gasteiger charge is -2.27. The van der Waals surface area contributed by atoms with E-state index in [0.717, 1.165) is 33.8 Å². The number of nitrogens with one attached hydrogen (secondary N) is 1. The zero-order valence-corrected chi connectivity index (χ0v) is 20.9. The molecule has 0 bridgehead atoms. The van der Waals surface area contributed by atoms with Gasteiger partial charge in [-0.3, -0.25) is 4.79 Å². The Hall–Kier alpha value is -3.34. The fraction of sp³-hybridized carbons (Fsp3) is 0.357. The van der Waals surface area contributed by atoms with Crippen LogP contribution in [0.4, 0.5) is 0 Å². The number of amides is 1. The summed E-state index contributed by atoms with van der Waals surface area (Å²) in [5.74, 6) is 0.0501. The lowest BCUT2D eigenvalue weighted by molar-refractivity contribution is 0.0955. The molecule has 1 amide bonds. The maximum atomic E-state index is 12.6. The summed E-state index contributed by atoms with van der Waals surface area (Å²) in [6.45, 7) is 16.5. The Kier molecular flexibility index (Phi) is 6.55. The maximum absolute atomic E-state index is 12.6. The average Bonchev–Trinajstić information content (AvgIpc) is 3.05. The molecular weight excluding hydrogens is 410 g/mol. The van der Waals surface area contributed by atoms with Crippen molar-refractivity contribution in [3.63, 3.8) is 0 Å². The molecule has 1 heterocycles. The standard InChI is InChI=1S/C28H35N3O2/c1-18-9-10-19(2)31(18)22-13-11-21(12-14-22)26(33)30-29-17-20-15-23(27(3,4)5)25(32)24(16-20)28(6,7)8/h9-17,32H,1-8H3,(H,30,33)/b29-17-. The van der Waals surface area contributed by atoms with Gasteiger partial charge in [-0.1, -0.05) is 41.5 Å². The molecule has 0 saturated heterocycles. The quantitative estimate of drug-likeness (QED) is 0.373. The number of phenols is 1. The van der Waals surface area contributed by atoms with Gasteiger partial charge in [-0.05, 0) is 78.8 Å². The van der Waals surface area contributed by atoms with Crippen molar-refractivity contribution in [2.75, 3.05) is 0 Å². The molecule has 3 aromatic rings. The third kappa shape index (κ3) is 5.36. The van der Waals surface area contributed by atoms with Gasteiger partial charge in [0, 0.05) is 33.8 Å². The van der Waals surface area contributed by atoms with Gasteiger partial charge in [-0.25, -0.2) is 5.43 Å². The van der Waals surface area contributed by atoms with Gasteiger partial charge in [-0.15, -0.1) is 0 Å². The first-order valence-electron chi connectivity index (χ1n) is 11.3. The van der Waals surface area contributed by atoms with E-state index in [1.165, 1.54) is 0 Å². The summed E-state index contributed by atoms with van der Waals surface area (Å²) in [7, 11) is 0. The van der Waals surface area contributed by atoms with E-state index in [1.807, 2.05) is 24.3 Å². The van der Waals surface area contributed by atoms with Gasteiger partial charge in [0.15, 0.2) is 0 Å². The predicted octanol–water partition coefficient (Wildman–Crippen LogP) is 6.16. The molecule has 3 rings (SSSR count). The fourth-order valence-corrected chi connectivity index (χ4v) is 3.94. The molecular formula is C28H35N3O2. The van der Waals surface area contributed by atoms with Crippen LogP contribution in [0.5, 0.6) is 5.75 Å². The summed E-state index contributed by atoms with van der Waals surface area (Å²) in [5, 5.41) is 15.0. The molecule has 174 valence electrons. The van der Waals surface area contributed by atoms with Crippen molar-refractivity contribution in [1.82, 2.24) is 9.99 Å². The second-order valence-corrected chi connectivity index (χ2v) is 10.7. The second kappa shape index (κ2) is 8.89. The van der Waals surface area contributed by atoms with Crippen LogP contribution in [0, 0.1) is 13.8 Å². The minimum absolute atomic E-state index is 0.227. The molecule has 0 aliphatic rings. The number of hydrazone groups is 1. The minimum Gasteiger partial charge on any atom is -0.507 e. The summed E-state index contributed by atoms with van der Waals surface area (Å²) in [4.78, 5) is 12.6. The topological polar surface area (TPSA) is 66.6 Å². The largest absolute Gasteiger partial charge is 0.507 e. The Morgan fingerprint density at radius 1 is 0.879 bits per heavy atom. The molecule has 1 aromatic heterocycles. The Labute approximate surface area is 197 Å². The Morgan fingerprint density at radius 2 is 1.36 bits per heavy atom. The van der Waals surface area contributed by atoms with E-state index < -0.39 is 0 Å². The summed E-state index contributed by atoms with van der Waals surface area (Å²) < 4.78 is 2.14. The number of aromatic hydroxyl groups is 1. The Balaban J connectivity index is 1.80. The van der Waals surface area contributed by atoms with Crippen LogP contribution in [0.3, 0.4) is 0 Å². The van der Waals surface area contributed by atoms with Crippen LogP contribution in [0.25, 0.3) is 5.69 Å². The van der Waals surface area contributed by atoms with Crippen LogP contribution in [0.2, 0.25) is 0 Å². The monoisotopic (exact) mass is 445 g/mol. The van der Waals surface area contributed by atoms with Crippen LogP contribution in [-0.2, 0) is 10.8 Å². The van der Waals surface area contributed by atoms with Crippen molar-refractivity contribution in [2.24, 2.45) is 5.10 Å². The van der Waals surface area contributed by atoms with Crippen molar-refractivity contribution in [3.8, 4) is 11.4 Å². The lowest BCUT2D eigenvalue weighted by atomic mass is 9.78. The van der Waals surface area contributed by atoms with Gasteiger partial charge in [0.1, 0.15) is 5.75 Å². The highest BCUT2D eigenvalue weighted by atomic mass is 16.3. The van der Waals surface area contributed by atoms with Crippen LogP contribution >= 0.6 is 0 Å². The highest BCUT2D eigenvalue weighted by Gasteiger charge is 2.26. The number of aryl methyl sites for hydroxylation is 2. The van der Waals surface area contributed by atoms with Crippen molar-refractivity contribution in [3.05, 3.63) is 82.2 Å². The third-order valence-electron chi connectivity index (χ3n) is 5.79. The maximum Gasteiger partial charge on any atom is 0.271 e. The van der Waals surface area contributed by atoms with Crippen molar-refractivity contribution in [1.29, 1.82) is 0 Å². The molecule has 0 unspecified atom stereocenters. The smallest absolute Gasteiger partial charge is 0.271 e. The average molecular weight is 446 g/mol. The van der Waals surface area contributed by atoms with Gasteiger partial charge in [0.05, 0.1) is 6.21 Å². The second-order valence-electron chi connectivity index (χ2n) is 10.7. The van der Waals surface area contributed by atoms with Crippen LogP contribution in [-0.4, -0.2) is 21.8 Å². The van der Waals surface area contributed by atoms with Gasteiger partial charge in [0.25, 0.3) is 5.91 Å². The first-order valence-corrected chi connectivity index (χ1v) is 11.3. The number of carbonyl (C=O) groups is 1. The summed E-state index contributed by atoms with van der Waals surface area (Å²) in [5.41, 5.74) is 8.55. The molecule has 5 nitrogen and oxygen atoms in total. The van der Waals surface area contributed by atoms with E-state index in [-0.39, 0.29) is 16.7 Å². The number of aromatic nitrogens is 1. The van der Waals surface area contributed by atoms with Gasteiger partial charge >= 0.3 is 0 Å². The molecule has 0 atom stereocenters. The van der Waals surface area contributed by atoms with E-state index in [0.29, 0.717) is 11.3 Å². The molecule has 0 aliphatic carbocycles. The van der Waals surface area contributed by atoms with E-state index in [9.17, 15) is 9.90 Å². The van der Waals surface area contributed by atoms with E-state index in [2.05, 4.69) is 82.6 Å². The summed E-state index contributed by atoms with van der Waals surface area (Å²) in [6.07, 6.45) is 1.63. The molecule has 5 heteroatoms. The number of hydrogen-bond donors (Lipinski definition) is 2. The zero-order chi connectivity index (χ0) is 24.6. The number of rotatable bonds is 4. The summed E-state index contributed by atoms with van der Waals surface area (Å²) in [6, 6.07) is 15.5. The van der Waals surface area contributed by atoms with Crippen molar-refractivity contribution < 1.29 is 9.90 Å².